The number of carbonyl (C=O) groups is 1. The molecule has 0 aliphatic carbocycles. The Morgan fingerprint density at radius 1 is 1.30 bits per heavy atom. The van der Waals surface area contributed by atoms with Gasteiger partial charge in [-0.3, -0.25) is 14.9 Å². The van der Waals surface area contributed by atoms with Gasteiger partial charge in [-0.25, -0.2) is 5.43 Å². The Balaban J connectivity index is 1.87. The summed E-state index contributed by atoms with van der Waals surface area (Å²) >= 11 is 5.70. The normalized spacial score (nSPS) is 10.5. The zero-order valence-corrected chi connectivity index (χ0v) is 12.6. The summed E-state index contributed by atoms with van der Waals surface area (Å²) in [5, 5.41) is 14.5. The molecule has 0 fully saturated rings. The number of amides is 1. The highest BCUT2D eigenvalue weighted by molar-refractivity contribution is 6.32. The summed E-state index contributed by atoms with van der Waals surface area (Å²) in [7, 11) is 0. The number of nitro benzene ring substituents is 1. The number of rotatable bonds is 6. The van der Waals surface area contributed by atoms with E-state index in [4.69, 9.17) is 16.3 Å². The third-order valence-corrected chi connectivity index (χ3v) is 3.00. The number of halogens is 1. The highest BCUT2D eigenvalue weighted by atomic mass is 35.5. The molecule has 0 saturated carbocycles. The predicted molar refractivity (Wildman–Crippen MR) is 85.8 cm³/mol. The molecule has 1 N–H and O–H groups in total. The largest absolute Gasteiger partial charge is 0.484 e. The Bertz CT molecular complexity index is 735. The summed E-state index contributed by atoms with van der Waals surface area (Å²) in [6.07, 6.45) is 1.28. The molecule has 1 amide bonds. The maximum Gasteiger partial charge on any atom is 0.288 e. The molecule has 2 aromatic rings. The first-order valence-corrected chi connectivity index (χ1v) is 6.88. The maximum absolute atomic E-state index is 11.6. The van der Waals surface area contributed by atoms with Gasteiger partial charge in [0.05, 0.1) is 11.1 Å². The number of nitro groups is 1. The molecule has 2 aromatic carbocycles. The molecule has 0 aliphatic heterocycles. The van der Waals surface area contributed by atoms with Crippen LogP contribution in [0.1, 0.15) is 5.56 Å². The van der Waals surface area contributed by atoms with E-state index in [0.29, 0.717) is 11.3 Å². The molecular weight excluding hydrogens is 322 g/mol. The minimum atomic E-state index is -0.591. The number of carbonyl (C=O) groups excluding carboxylic acids is 1. The Morgan fingerprint density at radius 3 is 2.74 bits per heavy atom. The topological polar surface area (TPSA) is 93.8 Å². The Kier molecular flexibility index (Phi) is 5.65. The smallest absolute Gasteiger partial charge is 0.288 e. The van der Waals surface area contributed by atoms with Gasteiger partial charge in [-0.2, -0.15) is 5.10 Å². The molecular formula is C15H12ClN3O4. The number of benzene rings is 2. The van der Waals surface area contributed by atoms with Gasteiger partial charge in [-0.05, 0) is 18.2 Å². The summed E-state index contributed by atoms with van der Waals surface area (Å²) in [4.78, 5) is 21.7. The molecule has 0 spiro atoms. The van der Waals surface area contributed by atoms with Crippen LogP contribution in [0.2, 0.25) is 5.02 Å². The van der Waals surface area contributed by atoms with Crippen molar-refractivity contribution in [2.75, 3.05) is 6.61 Å². The van der Waals surface area contributed by atoms with Crippen molar-refractivity contribution in [2.45, 2.75) is 0 Å². The van der Waals surface area contributed by atoms with Crippen LogP contribution >= 0.6 is 11.6 Å². The Labute approximate surface area is 136 Å². The number of hydrogen-bond donors (Lipinski definition) is 1. The fourth-order valence-corrected chi connectivity index (χ4v) is 1.81. The van der Waals surface area contributed by atoms with E-state index in [1.54, 1.807) is 30.3 Å². The zero-order valence-electron chi connectivity index (χ0n) is 11.8. The molecule has 2 rings (SSSR count). The number of ether oxygens (including phenoxy) is 1. The molecule has 0 bridgehead atoms. The van der Waals surface area contributed by atoms with Crippen molar-refractivity contribution in [3.05, 3.63) is 69.2 Å². The fourth-order valence-electron chi connectivity index (χ4n) is 1.63. The van der Waals surface area contributed by atoms with Gasteiger partial charge in [0.2, 0.25) is 0 Å². The lowest BCUT2D eigenvalue weighted by atomic mass is 10.2. The minimum absolute atomic E-state index is 0.0347. The summed E-state index contributed by atoms with van der Waals surface area (Å²) in [5.74, 6) is 0.119. The molecule has 0 heterocycles. The second kappa shape index (κ2) is 7.90. The van der Waals surface area contributed by atoms with Crippen LogP contribution in [0.15, 0.2) is 53.6 Å². The van der Waals surface area contributed by atoms with Crippen molar-refractivity contribution in [3.63, 3.8) is 0 Å². The second-order valence-electron chi connectivity index (χ2n) is 4.36. The van der Waals surface area contributed by atoms with Crippen molar-refractivity contribution < 1.29 is 14.5 Å². The molecule has 0 saturated heterocycles. The summed E-state index contributed by atoms with van der Waals surface area (Å²) in [6.45, 7) is -0.192. The average molecular weight is 334 g/mol. The number of hydrogen-bond acceptors (Lipinski definition) is 5. The molecule has 0 radical (unpaired) electrons. The Hall–Kier alpha value is -2.93. The molecule has 23 heavy (non-hydrogen) atoms. The SMILES string of the molecule is O=C(COc1ccccc1)NN=Cc1ccc(Cl)c([N+](=O)[O-])c1. The van der Waals surface area contributed by atoms with E-state index in [9.17, 15) is 14.9 Å². The lowest BCUT2D eigenvalue weighted by Crippen LogP contribution is -2.24. The van der Waals surface area contributed by atoms with Crippen LogP contribution in [0.5, 0.6) is 5.75 Å². The Morgan fingerprint density at radius 2 is 2.04 bits per heavy atom. The molecule has 0 unspecified atom stereocenters. The van der Waals surface area contributed by atoms with Gasteiger partial charge >= 0.3 is 0 Å². The van der Waals surface area contributed by atoms with Crippen molar-refractivity contribution in [1.29, 1.82) is 0 Å². The van der Waals surface area contributed by atoms with E-state index in [-0.39, 0.29) is 17.3 Å². The number of nitrogens with one attached hydrogen (secondary N) is 1. The summed E-state index contributed by atoms with van der Waals surface area (Å²) in [6, 6.07) is 13.1. The number of hydrazone groups is 1. The van der Waals surface area contributed by atoms with Gasteiger partial charge in [-0.15, -0.1) is 0 Å². The van der Waals surface area contributed by atoms with Gasteiger partial charge in [0.25, 0.3) is 11.6 Å². The molecule has 0 atom stereocenters. The zero-order chi connectivity index (χ0) is 16.7. The van der Waals surface area contributed by atoms with E-state index in [0.717, 1.165) is 0 Å². The fraction of sp³-hybridized carbons (Fsp3) is 0.0667. The standard InChI is InChI=1S/C15H12ClN3O4/c16-13-7-6-11(8-14(13)19(21)22)9-17-18-15(20)10-23-12-4-2-1-3-5-12/h1-9H,10H2,(H,18,20). The van der Waals surface area contributed by atoms with E-state index >= 15 is 0 Å². The summed E-state index contributed by atoms with van der Waals surface area (Å²) < 4.78 is 5.24. The quantitative estimate of drug-likeness (QED) is 0.499. The molecule has 8 heteroatoms. The predicted octanol–water partition coefficient (Wildman–Crippen LogP) is 2.78. The van der Waals surface area contributed by atoms with E-state index < -0.39 is 10.8 Å². The van der Waals surface area contributed by atoms with Gasteiger partial charge in [0, 0.05) is 11.6 Å². The minimum Gasteiger partial charge on any atom is -0.484 e. The van der Waals surface area contributed by atoms with E-state index in [1.807, 2.05) is 6.07 Å². The first-order chi connectivity index (χ1) is 11.1. The van der Waals surface area contributed by atoms with Crippen molar-refractivity contribution in [3.8, 4) is 5.75 Å². The maximum atomic E-state index is 11.6. The first kappa shape index (κ1) is 16.4. The monoisotopic (exact) mass is 333 g/mol. The first-order valence-electron chi connectivity index (χ1n) is 6.50. The lowest BCUT2D eigenvalue weighted by Gasteiger charge is -2.04. The van der Waals surface area contributed by atoms with E-state index in [2.05, 4.69) is 10.5 Å². The third kappa shape index (κ3) is 5.08. The molecule has 118 valence electrons. The van der Waals surface area contributed by atoms with Crippen molar-refractivity contribution in [2.24, 2.45) is 5.10 Å². The molecule has 0 aromatic heterocycles. The van der Waals surface area contributed by atoms with Gasteiger partial charge < -0.3 is 4.74 Å². The molecule has 0 aliphatic rings. The van der Waals surface area contributed by atoms with Crippen LogP contribution in [0.25, 0.3) is 0 Å². The average Bonchev–Trinajstić information content (AvgIpc) is 2.55. The highest BCUT2D eigenvalue weighted by Gasteiger charge is 2.11. The number of nitrogens with zero attached hydrogens (tertiary/aromatic N) is 2. The van der Waals surface area contributed by atoms with Gasteiger partial charge in [0.15, 0.2) is 6.61 Å². The third-order valence-electron chi connectivity index (χ3n) is 2.68. The van der Waals surface area contributed by atoms with Crippen LogP contribution in [0.4, 0.5) is 5.69 Å². The molecule has 7 nitrogen and oxygen atoms in total. The number of para-hydroxylation sites is 1. The van der Waals surface area contributed by atoms with Gasteiger partial charge in [0.1, 0.15) is 10.8 Å². The van der Waals surface area contributed by atoms with Gasteiger partial charge in [-0.1, -0.05) is 35.9 Å². The van der Waals surface area contributed by atoms with Crippen LogP contribution in [0.3, 0.4) is 0 Å². The summed E-state index contributed by atoms with van der Waals surface area (Å²) in [5.41, 5.74) is 2.48. The van der Waals surface area contributed by atoms with Crippen LogP contribution in [0, 0.1) is 10.1 Å². The van der Waals surface area contributed by atoms with Crippen molar-refractivity contribution in [1.82, 2.24) is 5.43 Å². The second-order valence-corrected chi connectivity index (χ2v) is 4.77. The lowest BCUT2D eigenvalue weighted by molar-refractivity contribution is -0.384. The highest BCUT2D eigenvalue weighted by Crippen LogP contribution is 2.24. The van der Waals surface area contributed by atoms with Crippen molar-refractivity contribution >= 4 is 29.4 Å². The van der Waals surface area contributed by atoms with E-state index in [1.165, 1.54) is 18.3 Å². The van der Waals surface area contributed by atoms with Crippen LogP contribution < -0.4 is 10.2 Å². The van der Waals surface area contributed by atoms with Crippen LogP contribution in [-0.4, -0.2) is 23.7 Å². The van der Waals surface area contributed by atoms with Crippen LogP contribution in [-0.2, 0) is 4.79 Å².